The summed E-state index contributed by atoms with van der Waals surface area (Å²) in [6.45, 7) is -0.151. The first-order valence-corrected chi connectivity index (χ1v) is 10.9. The lowest BCUT2D eigenvalue weighted by Crippen LogP contribution is -2.39. The molecule has 0 aliphatic heterocycles. The van der Waals surface area contributed by atoms with Gasteiger partial charge in [-0.1, -0.05) is 0 Å². The SMILES string of the molecule is O=S(=O)(CCCl)CC(O)CNCC(O)CS(=O)(=O)CCCl. The normalized spacial score (nSPS) is 15.8. The Hall–Kier alpha value is 0.360. The number of aliphatic hydroxyl groups excluding tert-OH is 2. The van der Waals surface area contributed by atoms with E-state index in [9.17, 15) is 27.0 Å². The standard InChI is InChI=1S/C10H21Cl2NO6S2/c11-1-3-20(16,17)7-9(14)5-13-6-10(15)8-21(18,19)4-2-12/h9-10,13-15H,1-8H2. The minimum Gasteiger partial charge on any atom is -0.391 e. The molecule has 0 spiro atoms. The highest BCUT2D eigenvalue weighted by Crippen LogP contribution is 1.98. The number of nitrogens with one attached hydrogen (secondary N) is 1. The Bertz CT molecular complexity index is 438. The van der Waals surface area contributed by atoms with E-state index in [1.807, 2.05) is 0 Å². The molecule has 2 unspecified atom stereocenters. The molecular weight excluding hydrogens is 365 g/mol. The quantitative estimate of drug-likeness (QED) is 0.353. The Labute approximate surface area is 135 Å². The van der Waals surface area contributed by atoms with Crippen molar-refractivity contribution in [3.8, 4) is 0 Å². The molecule has 0 bridgehead atoms. The van der Waals surface area contributed by atoms with Crippen molar-refractivity contribution in [1.29, 1.82) is 0 Å². The Kier molecular flexibility index (Phi) is 10.4. The van der Waals surface area contributed by atoms with Gasteiger partial charge in [0.25, 0.3) is 0 Å². The first kappa shape index (κ1) is 21.4. The van der Waals surface area contributed by atoms with Crippen molar-refractivity contribution in [3.63, 3.8) is 0 Å². The van der Waals surface area contributed by atoms with Crippen LogP contribution >= 0.6 is 23.2 Å². The molecule has 0 saturated heterocycles. The molecule has 3 N–H and O–H groups in total. The summed E-state index contributed by atoms with van der Waals surface area (Å²) in [7, 11) is -6.83. The predicted octanol–water partition coefficient (Wildman–Crippen LogP) is -1.39. The zero-order valence-corrected chi connectivity index (χ0v) is 14.6. The van der Waals surface area contributed by atoms with Crippen LogP contribution in [0.4, 0.5) is 0 Å². The fourth-order valence-electron chi connectivity index (χ4n) is 1.52. The average Bonchev–Trinajstić information content (AvgIpc) is 2.26. The third-order valence-electron chi connectivity index (χ3n) is 2.43. The van der Waals surface area contributed by atoms with Crippen molar-refractivity contribution in [2.75, 3.05) is 47.9 Å². The topological polar surface area (TPSA) is 121 Å². The lowest BCUT2D eigenvalue weighted by Gasteiger charge is -2.15. The maximum Gasteiger partial charge on any atom is 0.154 e. The van der Waals surface area contributed by atoms with Crippen LogP contribution in [0.1, 0.15) is 0 Å². The van der Waals surface area contributed by atoms with Crippen LogP contribution in [0.5, 0.6) is 0 Å². The van der Waals surface area contributed by atoms with E-state index in [4.69, 9.17) is 23.2 Å². The van der Waals surface area contributed by atoms with Gasteiger partial charge in [0.15, 0.2) is 19.7 Å². The van der Waals surface area contributed by atoms with Gasteiger partial charge in [-0.3, -0.25) is 0 Å². The van der Waals surface area contributed by atoms with Gasteiger partial charge in [0.1, 0.15) is 0 Å². The summed E-state index contributed by atoms with van der Waals surface area (Å²) in [5, 5.41) is 21.7. The first-order chi connectivity index (χ1) is 9.62. The van der Waals surface area contributed by atoms with E-state index in [0.29, 0.717) is 0 Å². The number of alkyl halides is 2. The number of halogens is 2. The van der Waals surface area contributed by atoms with E-state index in [1.54, 1.807) is 0 Å². The van der Waals surface area contributed by atoms with Crippen LogP contribution in [0.3, 0.4) is 0 Å². The number of rotatable bonds is 12. The van der Waals surface area contributed by atoms with Crippen LogP contribution < -0.4 is 5.32 Å². The second-order valence-electron chi connectivity index (χ2n) is 4.57. The summed E-state index contributed by atoms with van der Waals surface area (Å²) in [6.07, 6.45) is -2.30. The van der Waals surface area contributed by atoms with E-state index in [-0.39, 0.29) is 36.4 Å². The van der Waals surface area contributed by atoms with Crippen molar-refractivity contribution in [2.24, 2.45) is 0 Å². The maximum absolute atomic E-state index is 11.4. The van der Waals surface area contributed by atoms with E-state index >= 15 is 0 Å². The van der Waals surface area contributed by atoms with E-state index < -0.39 is 43.4 Å². The molecule has 0 aromatic rings. The van der Waals surface area contributed by atoms with Gasteiger partial charge in [0.2, 0.25) is 0 Å². The van der Waals surface area contributed by atoms with Gasteiger partial charge in [-0.05, 0) is 0 Å². The molecule has 0 heterocycles. The van der Waals surface area contributed by atoms with Gasteiger partial charge in [-0.25, -0.2) is 16.8 Å². The number of sulfone groups is 2. The number of hydrogen-bond acceptors (Lipinski definition) is 7. The summed E-state index contributed by atoms with van der Waals surface area (Å²) in [5.41, 5.74) is 0. The van der Waals surface area contributed by atoms with Crippen molar-refractivity contribution in [3.05, 3.63) is 0 Å². The van der Waals surface area contributed by atoms with Gasteiger partial charge in [0.05, 0.1) is 35.2 Å². The fourth-order valence-corrected chi connectivity index (χ4v) is 5.14. The van der Waals surface area contributed by atoms with Crippen molar-refractivity contribution >= 4 is 42.9 Å². The van der Waals surface area contributed by atoms with Crippen LogP contribution in [-0.4, -0.2) is 87.1 Å². The van der Waals surface area contributed by atoms with Gasteiger partial charge < -0.3 is 15.5 Å². The van der Waals surface area contributed by atoms with Gasteiger partial charge >= 0.3 is 0 Å². The molecule has 128 valence electrons. The molecule has 0 amide bonds. The molecular formula is C10H21Cl2NO6S2. The monoisotopic (exact) mass is 385 g/mol. The average molecular weight is 386 g/mol. The van der Waals surface area contributed by atoms with Crippen LogP contribution in [0.25, 0.3) is 0 Å². The van der Waals surface area contributed by atoms with Crippen molar-refractivity contribution in [1.82, 2.24) is 5.32 Å². The summed E-state index contributed by atoms with van der Waals surface area (Å²) in [6, 6.07) is 0. The highest BCUT2D eigenvalue weighted by molar-refractivity contribution is 7.91. The molecule has 0 rings (SSSR count). The summed E-state index contributed by atoms with van der Waals surface area (Å²) in [5.74, 6) is -1.39. The van der Waals surface area contributed by atoms with Crippen LogP contribution in [0, 0.1) is 0 Å². The number of aliphatic hydroxyl groups is 2. The second kappa shape index (κ2) is 10.2. The van der Waals surface area contributed by atoms with E-state index in [2.05, 4.69) is 5.32 Å². The lowest BCUT2D eigenvalue weighted by atomic mass is 10.3. The zero-order chi connectivity index (χ0) is 16.5. The third kappa shape index (κ3) is 11.6. The van der Waals surface area contributed by atoms with E-state index in [1.165, 1.54) is 0 Å². The van der Waals surface area contributed by atoms with Crippen molar-refractivity contribution in [2.45, 2.75) is 12.2 Å². The molecule has 7 nitrogen and oxygen atoms in total. The first-order valence-electron chi connectivity index (χ1n) is 6.21. The molecule has 0 fully saturated rings. The Balaban J connectivity index is 4.03. The van der Waals surface area contributed by atoms with Gasteiger partial charge in [-0.15, -0.1) is 23.2 Å². The predicted molar refractivity (Wildman–Crippen MR) is 83.6 cm³/mol. The summed E-state index contributed by atoms with van der Waals surface area (Å²) in [4.78, 5) is 0. The summed E-state index contributed by atoms with van der Waals surface area (Å²) >= 11 is 10.7. The molecule has 0 aliphatic carbocycles. The largest absolute Gasteiger partial charge is 0.391 e. The smallest absolute Gasteiger partial charge is 0.154 e. The maximum atomic E-state index is 11.4. The molecule has 0 aromatic carbocycles. The molecule has 0 saturated carbocycles. The minimum atomic E-state index is -3.41. The lowest BCUT2D eigenvalue weighted by molar-refractivity contribution is 0.167. The Morgan fingerprint density at radius 1 is 0.810 bits per heavy atom. The van der Waals surface area contributed by atoms with Crippen molar-refractivity contribution < 1.29 is 27.0 Å². The third-order valence-corrected chi connectivity index (χ3v) is 6.69. The van der Waals surface area contributed by atoms with Gasteiger partial charge in [-0.2, -0.15) is 0 Å². The Morgan fingerprint density at radius 2 is 1.14 bits per heavy atom. The zero-order valence-electron chi connectivity index (χ0n) is 11.4. The van der Waals surface area contributed by atoms with Gasteiger partial charge in [0, 0.05) is 24.8 Å². The molecule has 0 aliphatic rings. The van der Waals surface area contributed by atoms with Crippen LogP contribution in [-0.2, 0) is 19.7 Å². The van der Waals surface area contributed by atoms with Crippen LogP contribution in [0.15, 0.2) is 0 Å². The molecule has 2 atom stereocenters. The second-order valence-corrected chi connectivity index (χ2v) is 9.79. The molecule has 21 heavy (non-hydrogen) atoms. The highest BCUT2D eigenvalue weighted by atomic mass is 35.5. The fraction of sp³-hybridized carbons (Fsp3) is 1.00. The van der Waals surface area contributed by atoms with E-state index in [0.717, 1.165) is 0 Å². The molecule has 11 heteroatoms. The van der Waals surface area contributed by atoms with Crippen LogP contribution in [0.2, 0.25) is 0 Å². The minimum absolute atomic E-state index is 0.0420. The Morgan fingerprint density at radius 3 is 1.43 bits per heavy atom. The summed E-state index contributed by atoms with van der Waals surface area (Å²) < 4.78 is 45.5. The highest BCUT2D eigenvalue weighted by Gasteiger charge is 2.19. The molecule has 0 aromatic heterocycles. The molecule has 0 radical (unpaired) electrons. The number of hydrogen-bond donors (Lipinski definition) is 3.